The summed E-state index contributed by atoms with van der Waals surface area (Å²) in [5, 5.41) is 22.4. The number of carbonyl (C=O) groups excluding carboxylic acids is 1. The van der Waals surface area contributed by atoms with Crippen molar-refractivity contribution in [3.63, 3.8) is 0 Å². The van der Waals surface area contributed by atoms with Crippen molar-refractivity contribution >= 4 is 22.0 Å². The third-order valence-corrected chi connectivity index (χ3v) is 3.61. The van der Waals surface area contributed by atoms with Gasteiger partial charge in [0.25, 0.3) is 0 Å². The third kappa shape index (κ3) is 7.21. The van der Waals surface area contributed by atoms with Crippen LogP contribution < -0.4 is 5.32 Å². The van der Waals surface area contributed by atoms with E-state index in [4.69, 9.17) is 4.74 Å². The van der Waals surface area contributed by atoms with Gasteiger partial charge in [-0.3, -0.25) is 0 Å². The highest BCUT2D eigenvalue weighted by Crippen LogP contribution is 2.37. The normalized spacial score (nSPS) is 14.8. The number of alkyl carbamates (subject to hydrolysis) is 1. The summed E-state index contributed by atoms with van der Waals surface area (Å²) in [4.78, 5) is 11.5. The second kappa shape index (κ2) is 8.37. The lowest BCUT2D eigenvalue weighted by Gasteiger charge is -2.23. The lowest BCUT2D eigenvalue weighted by Crippen LogP contribution is -2.34. The summed E-state index contributed by atoms with van der Waals surface area (Å²) in [5.41, 5.74) is -2.16. The Bertz CT molecular complexity index is 602. The molecule has 0 saturated carbocycles. The van der Waals surface area contributed by atoms with Crippen LogP contribution >= 0.6 is 15.9 Å². The molecule has 1 amide bonds. The Morgan fingerprint density at radius 3 is 2.40 bits per heavy atom. The third-order valence-electron chi connectivity index (χ3n) is 3.11. The Morgan fingerprint density at radius 2 is 1.88 bits per heavy atom. The summed E-state index contributed by atoms with van der Waals surface area (Å²) >= 11 is 2.95. The molecular formula is C16H21BrF3NO4. The molecule has 0 aromatic heterocycles. The minimum Gasteiger partial charge on any atom is -0.444 e. The second-order valence-electron chi connectivity index (χ2n) is 6.46. The molecule has 0 aliphatic carbocycles. The van der Waals surface area contributed by atoms with E-state index < -0.39 is 41.2 Å². The molecule has 1 aromatic rings. The summed E-state index contributed by atoms with van der Waals surface area (Å²) < 4.78 is 44.4. The first-order chi connectivity index (χ1) is 11.3. The molecule has 2 unspecified atom stereocenters. The molecule has 9 heteroatoms. The second-order valence-corrected chi connectivity index (χ2v) is 7.37. The summed E-state index contributed by atoms with van der Waals surface area (Å²) in [5.74, 6) is 0. The maximum Gasteiger partial charge on any atom is 0.416 e. The lowest BCUT2D eigenvalue weighted by atomic mass is 9.97. The van der Waals surface area contributed by atoms with Gasteiger partial charge in [-0.2, -0.15) is 13.2 Å². The van der Waals surface area contributed by atoms with Crippen molar-refractivity contribution in [3.05, 3.63) is 33.8 Å². The minimum absolute atomic E-state index is 0.0645. The number of aliphatic hydroxyl groups excluding tert-OH is 2. The van der Waals surface area contributed by atoms with E-state index in [2.05, 4.69) is 21.2 Å². The summed E-state index contributed by atoms with van der Waals surface area (Å²) in [6.07, 6.45) is -8.77. The Hall–Kier alpha value is -1.32. The number of rotatable bonds is 5. The molecule has 0 aliphatic heterocycles. The van der Waals surface area contributed by atoms with Crippen molar-refractivity contribution in [1.29, 1.82) is 0 Å². The van der Waals surface area contributed by atoms with Gasteiger partial charge in [-0.25, -0.2) is 4.79 Å². The minimum atomic E-state index is -4.67. The Kier molecular flexibility index (Phi) is 7.28. The Morgan fingerprint density at radius 1 is 1.28 bits per heavy atom. The van der Waals surface area contributed by atoms with E-state index in [-0.39, 0.29) is 17.4 Å². The van der Waals surface area contributed by atoms with Crippen LogP contribution in [0.5, 0.6) is 0 Å². The van der Waals surface area contributed by atoms with Crippen molar-refractivity contribution < 1.29 is 32.9 Å². The van der Waals surface area contributed by atoms with Crippen LogP contribution in [0.25, 0.3) is 0 Å². The zero-order valence-corrected chi connectivity index (χ0v) is 15.6. The molecule has 25 heavy (non-hydrogen) atoms. The highest BCUT2D eigenvalue weighted by molar-refractivity contribution is 9.10. The van der Waals surface area contributed by atoms with Crippen LogP contribution in [0.1, 0.15) is 44.4 Å². The number of hydrogen-bond donors (Lipinski definition) is 3. The highest BCUT2D eigenvalue weighted by atomic mass is 79.9. The van der Waals surface area contributed by atoms with Crippen LogP contribution in [0.3, 0.4) is 0 Å². The monoisotopic (exact) mass is 427 g/mol. The topological polar surface area (TPSA) is 78.8 Å². The molecule has 1 aromatic carbocycles. The van der Waals surface area contributed by atoms with Gasteiger partial charge in [0.15, 0.2) is 0 Å². The summed E-state index contributed by atoms with van der Waals surface area (Å²) in [7, 11) is 0. The van der Waals surface area contributed by atoms with E-state index in [0.29, 0.717) is 0 Å². The number of aliphatic hydroxyl groups is 2. The van der Waals surface area contributed by atoms with E-state index >= 15 is 0 Å². The van der Waals surface area contributed by atoms with Gasteiger partial charge in [0, 0.05) is 11.0 Å². The van der Waals surface area contributed by atoms with Crippen LogP contribution in [0.4, 0.5) is 18.0 Å². The smallest absolute Gasteiger partial charge is 0.416 e. The molecule has 0 saturated heterocycles. The zero-order valence-electron chi connectivity index (χ0n) is 14.0. The van der Waals surface area contributed by atoms with Gasteiger partial charge in [0.2, 0.25) is 0 Å². The highest BCUT2D eigenvalue weighted by Gasteiger charge is 2.36. The van der Waals surface area contributed by atoms with Gasteiger partial charge < -0.3 is 20.3 Å². The maximum absolute atomic E-state index is 13.1. The van der Waals surface area contributed by atoms with E-state index in [1.807, 2.05) is 0 Å². The fourth-order valence-corrected chi connectivity index (χ4v) is 2.39. The summed E-state index contributed by atoms with van der Waals surface area (Å²) in [6.45, 7) is 4.97. The van der Waals surface area contributed by atoms with E-state index in [9.17, 15) is 28.2 Å². The van der Waals surface area contributed by atoms with Crippen molar-refractivity contribution in [2.75, 3.05) is 6.54 Å². The van der Waals surface area contributed by atoms with Gasteiger partial charge >= 0.3 is 12.3 Å². The molecule has 142 valence electrons. The average molecular weight is 428 g/mol. The first-order valence-electron chi connectivity index (χ1n) is 7.51. The molecule has 1 rings (SSSR count). The van der Waals surface area contributed by atoms with E-state index in [1.54, 1.807) is 20.8 Å². The molecule has 2 atom stereocenters. The number of benzene rings is 1. The fourth-order valence-electron chi connectivity index (χ4n) is 2.03. The molecule has 0 bridgehead atoms. The van der Waals surface area contributed by atoms with Crippen LogP contribution in [0.15, 0.2) is 22.7 Å². The molecule has 5 nitrogen and oxygen atoms in total. The van der Waals surface area contributed by atoms with Crippen molar-refractivity contribution in [2.45, 2.75) is 51.2 Å². The van der Waals surface area contributed by atoms with Gasteiger partial charge in [0.05, 0.1) is 11.7 Å². The molecule has 0 aliphatic rings. The first-order valence-corrected chi connectivity index (χ1v) is 8.30. The van der Waals surface area contributed by atoms with Crippen LogP contribution in [0.2, 0.25) is 0 Å². The summed E-state index contributed by atoms with van der Waals surface area (Å²) in [6, 6.07) is 3.28. The number of alkyl halides is 3. The van der Waals surface area contributed by atoms with Gasteiger partial charge in [-0.05, 0) is 44.9 Å². The standard InChI is InChI=1S/C16H21BrF3NO4/c1-15(2,3)25-14(24)21-7-6-12(22)13(23)10-5-4-9(17)8-11(10)16(18,19)20/h4-5,8,12-13,22-23H,6-7H2,1-3H3,(H,21,24). The van der Waals surface area contributed by atoms with Gasteiger partial charge in [-0.15, -0.1) is 0 Å². The number of halogens is 4. The Balaban J connectivity index is 2.71. The van der Waals surface area contributed by atoms with Crippen LogP contribution in [-0.4, -0.2) is 34.6 Å². The quantitative estimate of drug-likeness (QED) is 0.667. The SMILES string of the molecule is CC(C)(C)OC(=O)NCCC(O)C(O)c1ccc(Br)cc1C(F)(F)F. The Labute approximate surface area is 152 Å². The molecular weight excluding hydrogens is 407 g/mol. The molecule has 0 fully saturated rings. The maximum atomic E-state index is 13.1. The van der Waals surface area contributed by atoms with E-state index in [1.165, 1.54) is 6.07 Å². The van der Waals surface area contributed by atoms with Crippen LogP contribution in [-0.2, 0) is 10.9 Å². The number of carbonyl (C=O) groups is 1. The van der Waals surface area contributed by atoms with Crippen molar-refractivity contribution in [2.24, 2.45) is 0 Å². The first kappa shape index (κ1) is 21.7. The number of hydrogen-bond acceptors (Lipinski definition) is 4. The molecule has 0 heterocycles. The predicted molar refractivity (Wildman–Crippen MR) is 89.0 cm³/mol. The number of amides is 1. The zero-order chi connectivity index (χ0) is 19.4. The van der Waals surface area contributed by atoms with Crippen LogP contribution in [0, 0.1) is 0 Å². The van der Waals surface area contributed by atoms with Crippen molar-refractivity contribution in [1.82, 2.24) is 5.32 Å². The van der Waals surface area contributed by atoms with E-state index in [0.717, 1.165) is 12.1 Å². The fraction of sp³-hybridized carbons (Fsp3) is 0.562. The largest absolute Gasteiger partial charge is 0.444 e. The van der Waals surface area contributed by atoms with Gasteiger partial charge in [-0.1, -0.05) is 22.0 Å². The molecule has 3 N–H and O–H groups in total. The number of ether oxygens (including phenoxy) is 1. The average Bonchev–Trinajstić information content (AvgIpc) is 2.43. The van der Waals surface area contributed by atoms with Crippen molar-refractivity contribution in [3.8, 4) is 0 Å². The van der Waals surface area contributed by atoms with Gasteiger partial charge in [0.1, 0.15) is 11.7 Å². The lowest BCUT2D eigenvalue weighted by molar-refractivity contribution is -0.140. The molecule has 0 radical (unpaired) electrons. The predicted octanol–water partition coefficient (Wildman–Crippen LogP) is 3.78. The molecule has 0 spiro atoms. The number of nitrogens with one attached hydrogen (secondary N) is 1.